The van der Waals surface area contributed by atoms with Crippen LogP contribution in [0.3, 0.4) is 0 Å². The lowest BCUT2D eigenvalue weighted by molar-refractivity contribution is 0.365. The van der Waals surface area contributed by atoms with Gasteiger partial charge >= 0.3 is 10.2 Å². The van der Waals surface area contributed by atoms with E-state index >= 15 is 0 Å². The van der Waals surface area contributed by atoms with E-state index in [4.69, 9.17) is 0 Å². The number of nitrogens with one attached hydrogen (secondary N) is 3. The van der Waals surface area contributed by atoms with Crippen LogP contribution in [0.4, 0.5) is 30.2 Å². The number of hydrogen-bond acceptors (Lipinski definition) is 4. The largest absolute Gasteiger partial charge is 0.349 e. The van der Waals surface area contributed by atoms with Gasteiger partial charge in [-0.05, 0) is 65.8 Å². The van der Waals surface area contributed by atoms with Crippen molar-refractivity contribution in [2.75, 3.05) is 23.1 Å². The van der Waals surface area contributed by atoms with Gasteiger partial charge in [0.1, 0.15) is 11.5 Å². The fraction of sp³-hybridized carbons (Fsp3) is 0.400. The minimum Gasteiger partial charge on any atom is -0.349 e. The molecule has 0 aliphatic carbocycles. The summed E-state index contributed by atoms with van der Waals surface area (Å²) in [5, 5.41) is 5.72. The molecule has 1 saturated heterocycles. The molecule has 1 heterocycles. The van der Waals surface area contributed by atoms with Gasteiger partial charge in [-0.1, -0.05) is 13.8 Å². The highest BCUT2D eigenvalue weighted by Crippen LogP contribution is 2.33. The maximum atomic E-state index is 14.6. The predicted octanol–water partition coefficient (Wildman–Crippen LogP) is 4.57. The zero-order chi connectivity index (χ0) is 22.8. The molecule has 0 saturated carbocycles. The van der Waals surface area contributed by atoms with Crippen LogP contribution in [0, 0.1) is 21.0 Å². The van der Waals surface area contributed by atoms with Gasteiger partial charge in [0.15, 0.2) is 11.6 Å². The van der Waals surface area contributed by atoms with Crippen LogP contribution < -0.4 is 15.4 Å². The summed E-state index contributed by atoms with van der Waals surface area (Å²) in [5.74, 6) is -3.17. The Hall–Kier alpha value is -1.57. The molecule has 0 spiro atoms. The fourth-order valence-electron chi connectivity index (χ4n) is 3.38. The van der Waals surface area contributed by atoms with Crippen LogP contribution in [-0.4, -0.2) is 37.9 Å². The van der Waals surface area contributed by atoms with E-state index in [1.165, 1.54) is 16.4 Å². The molecule has 1 aliphatic heterocycles. The van der Waals surface area contributed by atoms with E-state index in [-0.39, 0.29) is 23.5 Å². The Morgan fingerprint density at radius 2 is 1.84 bits per heavy atom. The van der Waals surface area contributed by atoms with Crippen LogP contribution in [0.5, 0.6) is 0 Å². The SMILES string of the molecule is CC(C)NCC1CCCN1S(=O)(=O)Nc1ccc(F)c(F)c1Nc1ccc(I)cc1F. The summed E-state index contributed by atoms with van der Waals surface area (Å²) in [6.07, 6.45) is 1.39. The lowest BCUT2D eigenvalue weighted by atomic mass is 10.2. The van der Waals surface area contributed by atoms with E-state index in [1.807, 2.05) is 36.4 Å². The summed E-state index contributed by atoms with van der Waals surface area (Å²) in [5.41, 5.74) is -0.801. The van der Waals surface area contributed by atoms with Crippen molar-refractivity contribution in [3.63, 3.8) is 0 Å². The lowest BCUT2D eigenvalue weighted by Gasteiger charge is -2.26. The molecule has 3 N–H and O–H groups in total. The Bertz CT molecular complexity index is 1050. The van der Waals surface area contributed by atoms with Crippen LogP contribution in [-0.2, 0) is 10.2 Å². The molecule has 0 amide bonds. The number of benzene rings is 2. The first-order chi connectivity index (χ1) is 14.6. The van der Waals surface area contributed by atoms with Crippen LogP contribution >= 0.6 is 22.6 Å². The number of anilines is 3. The predicted molar refractivity (Wildman–Crippen MR) is 124 cm³/mol. The number of halogens is 4. The van der Waals surface area contributed by atoms with Gasteiger partial charge in [-0.25, -0.2) is 13.2 Å². The van der Waals surface area contributed by atoms with Crippen LogP contribution in [0.2, 0.25) is 0 Å². The zero-order valence-corrected chi connectivity index (χ0v) is 20.0. The molecule has 1 atom stereocenters. The molecular formula is C20H24F3IN4O2S. The summed E-state index contributed by atoms with van der Waals surface area (Å²) in [6.45, 7) is 4.73. The van der Waals surface area contributed by atoms with Gasteiger partial charge in [-0.15, -0.1) is 0 Å². The van der Waals surface area contributed by atoms with E-state index in [0.717, 1.165) is 12.1 Å². The smallest absolute Gasteiger partial charge is 0.302 e. The fourth-order valence-corrected chi connectivity index (χ4v) is 5.34. The normalized spacial score (nSPS) is 17.3. The standard InChI is InChI=1S/C20H24F3IN4O2S/c1-12(2)25-11-14-4-3-9-28(14)31(29,30)27-18-8-6-15(21)19(23)20(18)26-17-7-5-13(24)10-16(17)22/h5-8,10,12,14,25-27H,3-4,9,11H2,1-2H3. The number of rotatable bonds is 8. The average Bonchev–Trinajstić information content (AvgIpc) is 3.17. The van der Waals surface area contributed by atoms with Crippen LogP contribution in [0.1, 0.15) is 26.7 Å². The maximum absolute atomic E-state index is 14.6. The lowest BCUT2D eigenvalue weighted by Crippen LogP contribution is -2.45. The topological polar surface area (TPSA) is 73.5 Å². The molecule has 0 aromatic heterocycles. The van der Waals surface area contributed by atoms with Crippen molar-refractivity contribution in [2.45, 2.75) is 38.8 Å². The Labute approximate surface area is 193 Å². The average molecular weight is 568 g/mol. The summed E-state index contributed by atoms with van der Waals surface area (Å²) in [4.78, 5) is 0. The summed E-state index contributed by atoms with van der Waals surface area (Å²) >= 11 is 1.92. The van der Waals surface area contributed by atoms with Gasteiger partial charge < -0.3 is 10.6 Å². The van der Waals surface area contributed by atoms with E-state index in [1.54, 1.807) is 6.07 Å². The molecule has 11 heteroatoms. The second kappa shape index (κ2) is 9.92. The van der Waals surface area contributed by atoms with Crippen LogP contribution in [0.25, 0.3) is 0 Å². The molecular weight excluding hydrogens is 544 g/mol. The van der Waals surface area contributed by atoms with Crippen molar-refractivity contribution < 1.29 is 21.6 Å². The van der Waals surface area contributed by atoms with Crippen molar-refractivity contribution in [1.82, 2.24) is 9.62 Å². The highest BCUT2D eigenvalue weighted by atomic mass is 127. The number of hydrogen-bond donors (Lipinski definition) is 3. The highest BCUT2D eigenvalue weighted by molar-refractivity contribution is 14.1. The van der Waals surface area contributed by atoms with E-state index in [2.05, 4.69) is 15.4 Å². The van der Waals surface area contributed by atoms with Gasteiger partial charge in [0.2, 0.25) is 0 Å². The first-order valence-corrected chi connectivity index (χ1v) is 12.3. The van der Waals surface area contributed by atoms with Crippen LogP contribution in [0.15, 0.2) is 30.3 Å². The van der Waals surface area contributed by atoms with Gasteiger partial charge in [0.05, 0.1) is 11.4 Å². The molecule has 2 aromatic rings. The van der Waals surface area contributed by atoms with Gasteiger partial charge in [0.25, 0.3) is 0 Å². The molecule has 0 radical (unpaired) electrons. The van der Waals surface area contributed by atoms with Crippen molar-refractivity contribution >= 4 is 49.9 Å². The molecule has 1 aliphatic rings. The third-order valence-corrected chi connectivity index (χ3v) is 7.17. The second-order valence-corrected chi connectivity index (χ2v) is 10.5. The molecule has 0 bridgehead atoms. The molecule has 2 aromatic carbocycles. The van der Waals surface area contributed by atoms with E-state index in [0.29, 0.717) is 29.5 Å². The second-order valence-electron chi connectivity index (χ2n) is 7.61. The monoisotopic (exact) mass is 568 g/mol. The minimum absolute atomic E-state index is 0.106. The summed E-state index contributed by atoms with van der Waals surface area (Å²) < 4.78 is 73.1. The quantitative estimate of drug-likeness (QED) is 0.408. The first-order valence-electron chi connectivity index (χ1n) is 9.81. The molecule has 170 valence electrons. The third kappa shape index (κ3) is 5.82. The molecule has 31 heavy (non-hydrogen) atoms. The third-order valence-electron chi connectivity index (χ3n) is 4.92. The molecule has 1 unspecified atom stereocenters. The van der Waals surface area contributed by atoms with Gasteiger partial charge in [0, 0.05) is 28.7 Å². The van der Waals surface area contributed by atoms with Crippen molar-refractivity contribution in [3.05, 3.63) is 51.4 Å². The molecule has 1 fully saturated rings. The van der Waals surface area contributed by atoms with Crippen molar-refractivity contribution in [1.29, 1.82) is 0 Å². The molecule has 3 rings (SSSR count). The first kappa shape index (κ1) is 24.1. The van der Waals surface area contributed by atoms with Gasteiger partial charge in [-0.2, -0.15) is 12.7 Å². The number of nitrogens with zero attached hydrogens (tertiary/aromatic N) is 1. The zero-order valence-electron chi connectivity index (χ0n) is 17.1. The Kier molecular flexibility index (Phi) is 7.71. The van der Waals surface area contributed by atoms with Gasteiger partial charge in [-0.3, -0.25) is 4.72 Å². The van der Waals surface area contributed by atoms with Crippen molar-refractivity contribution in [2.24, 2.45) is 0 Å². The van der Waals surface area contributed by atoms with E-state index in [9.17, 15) is 21.6 Å². The van der Waals surface area contributed by atoms with E-state index < -0.39 is 33.3 Å². The Morgan fingerprint density at radius 3 is 2.52 bits per heavy atom. The maximum Gasteiger partial charge on any atom is 0.302 e. The summed E-state index contributed by atoms with van der Waals surface area (Å²) in [6, 6.07) is 6.06. The highest BCUT2D eigenvalue weighted by Gasteiger charge is 2.34. The summed E-state index contributed by atoms with van der Waals surface area (Å²) in [7, 11) is -4.05. The Balaban J connectivity index is 1.89. The Morgan fingerprint density at radius 1 is 1.13 bits per heavy atom. The molecule has 6 nitrogen and oxygen atoms in total. The minimum atomic E-state index is -4.05. The van der Waals surface area contributed by atoms with Crippen molar-refractivity contribution in [3.8, 4) is 0 Å².